The van der Waals surface area contributed by atoms with Crippen molar-refractivity contribution in [2.45, 2.75) is 27.7 Å². The van der Waals surface area contributed by atoms with Crippen LogP contribution in [-0.4, -0.2) is 27.7 Å². The van der Waals surface area contributed by atoms with Crippen molar-refractivity contribution in [1.82, 2.24) is 9.97 Å². The lowest BCUT2D eigenvalue weighted by Crippen LogP contribution is -2.30. The van der Waals surface area contributed by atoms with Gasteiger partial charge in [0, 0.05) is 28.3 Å². The molecule has 5 rings (SSSR count). The van der Waals surface area contributed by atoms with Gasteiger partial charge in [0.2, 0.25) is 5.95 Å². The molecule has 0 atom stereocenters. The van der Waals surface area contributed by atoms with E-state index < -0.39 is 17.7 Å². The number of nitrogens with zero attached hydrogens (tertiary/aromatic N) is 3. The minimum Gasteiger partial charge on any atom is -0.324 e. The molecular weight excluding hydrogens is 466 g/mol. The SMILES string of the molecule is Cc1ccc(N2C(=O)c3ccc(C(=O)Nc4cccc(Nc5nc(C)cc(C)n5)c4)cc3C2=O)c(C)c1. The largest absolute Gasteiger partial charge is 0.324 e. The Morgan fingerprint density at radius 3 is 2.19 bits per heavy atom. The number of anilines is 4. The van der Waals surface area contributed by atoms with Crippen LogP contribution < -0.4 is 15.5 Å². The van der Waals surface area contributed by atoms with E-state index >= 15 is 0 Å². The summed E-state index contributed by atoms with van der Waals surface area (Å²) in [5.74, 6) is -0.767. The lowest BCUT2D eigenvalue weighted by atomic mass is 10.1. The van der Waals surface area contributed by atoms with Crippen molar-refractivity contribution in [3.05, 3.63) is 106 Å². The van der Waals surface area contributed by atoms with Crippen molar-refractivity contribution in [3.63, 3.8) is 0 Å². The summed E-state index contributed by atoms with van der Waals surface area (Å²) in [4.78, 5) is 49.2. The lowest BCUT2D eigenvalue weighted by molar-refractivity contribution is 0.0925. The summed E-state index contributed by atoms with van der Waals surface area (Å²) < 4.78 is 0. The normalized spacial score (nSPS) is 12.5. The molecule has 3 amide bonds. The highest BCUT2D eigenvalue weighted by atomic mass is 16.2. The van der Waals surface area contributed by atoms with Crippen molar-refractivity contribution >= 4 is 40.7 Å². The summed E-state index contributed by atoms with van der Waals surface area (Å²) in [5.41, 5.74) is 6.13. The second-order valence-electron chi connectivity index (χ2n) is 9.13. The summed E-state index contributed by atoms with van der Waals surface area (Å²) in [6.45, 7) is 7.60. The first-order valence-corrected chi connectivity index (χ1v) is 11.8. The number of fused-ring (bicyclic) bond motifs is 1. The standard InChI is InChI=1S/C29H25N5O3/c1-16-8-11-25(17(2)12-16)34-27(36)23-10-9-20(14-24(23)28(34)37)26(35)32-21-6-5-7-22(15-21)33-29-30-18(3)13-19(4)31-29/h5-15H,1-4H3,(H,32,35)(H,30,31,33). The Bertz CT molecular complexity index is 1570. The molecule has 0 spiro atoms. The molecule has 184 valence electrons. The second-order valence-corrected chi connectivity index (χ2v) is 9.13. The van der Waals surface area contributed by atoms with Crippen LogP contribution in [0.5, 0.6) is 0 Å². The average Bonchev–Trinajstić information content (AvgIpc) is 3.08. The van der Waals surface area contributed by atoms with E-state index in [2.05, 4.69) is 20.6 Å². The van der Waals surface area contributed by atoms with Gasteiger partial charge in [0.1, 0.15) is 0 Å². The molecule has 0 unspecified atom stereocenters. The fourth-order valence-electron chi connectivity index (χ4n) is 4.45. The molecule has 4 aromatic rings. The minimum atomic E-state index is -0.443. The fourth-order valence-corrected chi connectivity index (χ4v) is 4.45. The van der Waals surface area contributed by atoms with Gasteiger partial charge in [-0.15, -0.1) is 0 Å². The number of aromatic nitrogens is 2. The molecule has 37 heavy (non-hydrogen) atoms. The Hall–Kier alpha value is -4.85. The Morgan fingerprint density at radius 1 is 0.757 bits per heavy atom. The van der Waals surface area contributed by atoms with E-state index in [0.29, 0.717) is 23.0 Å². The van der Waals surface area contributed by atoms with Crippen LogP contribution in [0.1, 0.15) is 53.6 Å². The molecule has 0 aliphatic carbocycles. The van der Waals surface area contributed by atoms with Crippen LogP contribution in [0.3, 0.4) is 0 Å². The summed E-state index contributed by atoms with van der Waals surface area (Å²) in [6.07, 6.45) is 0. The fraction of sp³-hybridized carbons (Fsp3) is 0.138. The molecule has 1 aromatic heterocycles. The molecule has 0 bridgehead atoms. The maximum Gasteiger partial charge on any atom is 0.266 e. The molecule has 2 N–H and O–H groups in total. The molecular formula is C29H25N5O3. The zero-order valence-corrected chi connectivity index (χ0v) is 20.9. The highest BCUT2D eigenvalue weighted by Crippen LogP contribution is 2.32. The molecule has 1 aliphatic heterocycles. The molecule has 0 radical (unpaired) electrons. The molecule has 0 fully saturated rings. The van der Waals surface area contributed by atoms with Crippen molar-refractivity contribution in [2.24, 2.45) is 0 Å². The monoisotopic (exact) mass is 491 g/mol. The van der Waals surface area contributed by atoms with Crippen molar-refractivity contribution in [3.8, 4) is 0 Å². The van der Waals surface area contributed by atoms with Crippen LogP contribution >= 0.6 is 0 Å². The third-order valence-corrected chi connectivity index (χ3v) is 6.10. The van der Waals surface area contributed by atoms with Gasteiger partial charge in [-0.3, -0.25) is 14.4 Å². The van der Waals surface area contributed by atoms with E-state index in [-0.39, 0.29) is 16.7 Å². The summed E-state index contributed by atoms with van der Waals surface area (Å²) in [5, 5.41) is 6.00. The van der Waals surface area contributed by atoms with Gasteiger partial charge in [-0.25, -0.2) is 14.9 Å². The van der Waals surface area contributed by atoms with Crippen molar-refractivity contribution in [2.75, 3.05) is 15.5 Å². The van der Waals surface area contributed by atoms with Crippen molar-refractivity contribution in [1.29, 1.82) is 0 Å². The lowest BCUT2D eigenvalue weighted by Gasteiger charge is -2.16. The van der Waals surface area contributed by atoms with Gasteiger partial charge in [-0.05, 0) is 81.8 Å². The average molecular weight is 492 g/mol. The Morgan fingerprint density at radius 2 is 1.46 bits per heavy atom. The van der Waals surface area contributed by atoms with E-state index in [4.69, 9.17) is 0 Å². The van der Waals surface area contributed by atoms with Gasteiger partial charge in [0.05, 0.1) is 16.8 Å². The highest BCUT2D eigenvalue weighted by Gasteiger charge is 2.37. The van der Waals surface area contributed by atoms with Gasteiger partial charge < -0.3 is 10.6 Å². The molecule has 3 aromatic carbocycles. The van der Waals surface area contributed by atoms with Gasteiger partial charge in [0.25, 0.3) is 17.7 Å². The number of benzene rings is 3. The van der Waals surface area contributed by atoms with Crippen LogP contribution in [0.25, 0.3) is 0 Å². The number of hydrogen-bond donors (Lipinski definition) is 2. The van der Waals surface area contributed by atoms with Crippen LogP contribution in [0.2, 0.25) is 0 Å². The van der Waals surface area contributed by atoms with Gasteiger partial charge in [-0.2, -0.15) is 0 Å². The van der Waals surface area contributed by atoms with Crippen LogP contribution in [0.4, 0.5) is 23.0 Å². The summed E-state index contributed by atoms with van der Waals surface area (Å²) in [7, 11) is 0. The highest BCUT2D eigenvalue weighted by molar-refractivity contribution is 6.35. The predicted octanol–water partition coefficient (Wildman–Crippen LogP) is 5.51. The van der Waals surface area contributed by atoms with E-state index in [1.807, 2.05) is 52.0 Å². The van der Waals surface area contributed by atoms with Gasteiger partial charge in [0.15, 0.2) is 0 Å². The third-order valence-electron chi connectivity index (χ3n) is 6.10. The number of nitrogens with one attached hydrogen (secondary N) is 2. The number of carbonyl (C=O) groups excluding carboxylic acids is 3. The minimum absolute atomic E-state index is 0.208. The van der Waals surface area contributed by atoms with E-state index in [0.717, 1.165) is 22.5 Å². The number of rotatable bonds is 5. The zero-order valence-electron chi connectivity index (χ0n) is 20.9. The first kappa shape index (κ1) is 23.9. The number of imide groups is 1. The molecule has 8 nitrogen and oxygen atoms in total. The summed E-state index contributed by atoms with van der Waals surface area (Å²) in [6, 6.07) is 19.2. The maximum absolute atomic E-state index is 13.2. The van der Waals surface area contributed by atoms with Crippen LogP contribution in [0, 0.1) is 27.7 Å². The molecule has 8 heteroatoms. The second kappa shape index (κ2) is 9.31. The predicted molar refractivity (Wildman–Crippen MR) is 143 cm³/mol. The molecule has 0 saturated carbocycles. The summed E-state index contributed by atoms with van der Waals surface area (Å²) >= 11 is 0. The quantitative estimate of drug-likeness (QED) is 0.357. The van der Waals surface area contributed by atoms with E-state index in [1.165, 1.54) is 17.0 Å². The third kappa shape index (κ3) is 4.69. The topological polar surface area (TPSA) is 104 Å². The zero-order chi connectivity index (χ0) is 26.3. The van der Waals surface area contributed by atoms with Crippen molar-refractivity contribution < 1.29 is 14.4 Å². The Kier molecular flexibility index (Phi) is 6.01. The number of aryl methyl sites for hydroxylation is 4. The smallest absolute Gasteiger partial charge is 0.266 e. The first-order chi connectivity index (χ1) is 17.7. The number of carbonyl (C=O) groups is 3. The first-order valence-electron chi connectivity index (χ1n) is 11.8. The molecule has 1 aliphatic rings. The van der Waals surface area contributed by atoms with E-state index in [9.17, 15) is 14.4 Å². The van der Waals surface area contributed by atoms with Crippen LogP contribution in [0.15, 0.2) is 66.7 Å². The Balaban J connectivity index is 1.36. The molecule has 2 heterocycles. The van der Waals surface area contributed by atoms with E-state index in [1.54, 1.807) is 30.3 Å². The van der Waals surface area contributed by atoms with Gasteiger partial charge in [-0.1, -0.05) is 23.8 Å². The van der Waals surface area contributed by atoms with Crippen LogP contribution in [-0.2, 0) is 0 Å². The van der Waals surface area contributed by atoms with Gasteiger partial charge >= 0.3 is 0 Å². The maximum atomic E-state index is 13.2. The number of amides is 3. The molecule has 0 saturated heterocycles. The Labute approximate surface area is 214 Å². The number of hydrogen-bond acceptors (Lipinski definition) is 6.